The van der Waals surface area contributed by atoms with Crippen molar-refractivity contribution in [1.82, 2.24) is 9.80 Å². The van der Waals surface area contributed by atoms with Crippen LogP contribution >= 0.6 is 0 Å². The molecule has 1 aliphatic rings. The molecule has 1 saturated heterocycles. The van der Waals surface area contributed by atoms with Crippen LogP contribution in [0.3, 0.4) is 0 Å². The Kier molecular flexibility index (Phi) is 4.55. The molecule has 0 spiro atoms. The van der Waals surface area contributed by atoms with Crippen molar-refractivity contribution >= 4 is 5.78 Å². The summed E-state index contributed by atoms with van der Waals surface area (Å²) in [4.78, 5) is 15.9. The van der Waals surface area contributed by atoms with Crippen LogP contribution in [-0.2, 0) is 4.79 Å². The van der Waals surface area contributed by atoms with Crippen molar-refractivity contribution in [1.29, 1.82) is 0 Å². The fourth-order valence-electron chi connectivity index (χ4n) is 2.07. The predicted molar refractivity (Wildman–Crippen MR) is 58.4 cm³/mol. The number of Topliss-reactive ketones (excluding diaryl/α,β-unsaturated/α-hetero) is 1. The Balaban J connectivity index is 2.38. The third kappa shape index (κ3) is 3.39. The van der Waals surface area contributed by atoms with Crippen molar-refractivity contribution in [2.24, 2.45) is 0 Å². The van der Waals surface area contributed by atoms with Crippen molar-refractivity contribution in [3.8, 4) is 0 Å². The molecule has 0 aromatic heterocycles. The molecule has 1 unspecified atom stereocenters. The minimum atomic E-state index is 0.371. The van der Waals surface area contributed by atoms with Crippen LogP contribution in [0.2, 0.25) is 0 Å². The molecular weight excluding hydrogens is 176 g/mol. The van der Waals surface area contributed by atoms with E-state index in [1.165, 1.54) is 12.8 Å². The first-order valence-corrected chi connectivity index (χ1v) is 5.54. The molecule has 1 atom stereocenters. The molecule has 1 heterocycles. The zero-order valence-electron chi connectivity index (χ0n) is 9.62. The third-order valence-electron chi connectivity index (χ3n) is 2.85. The van der Waals surface area contributed by atoms with Gasteiger partial charge in [-0.05, 0) is 33.5 Å². The molecule has 3 nitrogen and oxygen atoms in total. The second kappa shape index (κ2) is 5.47. The Labute approximate surface area is 87.1 Å². The van der Waals surface area contributed by atoms with Crippen molar-refractivity contribution < 1.29 is 4.79 Å². The minimum Gasteiger partial charge on any atom is -0.308 e. The van der Waals surface area contributed by atoms with Gasteiger partial charge in [-0.1, -0.05) is 6.92 Å². The van der Waals surface area contributed by atoms with Gasteiger partial charge >= 0.3 is 0 Å². The van der Waals surface area contributed by atoms with Gasteiger partial charge in [0.05, 0.1) is 6.54 Å². The topological polar surface area (TPSA) is 23.6 Å². The molecule has 0 radical (unpaired) electrons. The predicted octanol–water partition coefficient (Wildman–Crippen LogP) is 0.992. The number of hydrogen-bond acceptors (Lipinski definition) is 3. The van der Waals surface area contributed by atoms with Gasteiger partial charge in [0.15, 0.2) is 0 Å². The summed E-state index contributed by atoms with van der Waals surface area (Å²) in [6.45, 7) is 4.79. The fourth-order valence-corrected chi connectivity index (χ4v) is 2.07. The molecule has 0 aromatic rings. The molecule has 14 heavy (non-hydrogen) atoms. The molecule has 1 rings (SSSR count). The summed E-state index contributed by atoms with van der Waals surface area (Å²) >= 11 is 0. The van der Waals surface area contributed by atoms with Gasteiger partial charge in [0.25, 0.3) is 0 Å². The Bertz CT molecular complexity index is 192. The van der Waals surface area contributed by atoms with Crippen molar-refractivity contribution in [3.05, 3.63) is 0 Å². The number of hydrogen-bond donors (Lipinski definition) is 0. The number of likely N-dealkylation sites (tertiary alicyclic amines) is 1. The fraction of sp³-hybridized carbons (Fsp3) is 0.909. The summed E-state index contributed by atoms with van der Waals surface area (Å²) in [5.41, 5.74) is 0. The van der Waals surface area contributed by atoms with Crippen LogP contribution in [0.4, 0.5) is 0 Å². The van der Waals surface area contributed by atoms with Gasteiger partial charge in [0, 0.05) is 19.0 Å². The number of carbonyl (C=O) groups is 1. The van der Waals surface area contributed by atoms with Gasteiger partial charge in [-0.3, -0.25) is 9.69 Å². The molecule has 3 heteroatoms. The lowest BCUT2D eigenvalue weighted by Gasteiger charge is -2.26. The van der Waals surface area contributed by atoms with Crippen LogP contribution in [0, 0.1) is 0 Å². The smallest absolute Gasteiger partial charge is 0.146 e. The zero-order valence-corrected chi connectivity index (χ0v) is 9.62. The van der Waals surface area contributed by atoms with Crippen LogP contribution in [-0.4, -0.2) is 55.4 Å². The minimum absolute atomic E-state index is 0.371. The molecule has 1 fully saturated rings. The largest absolute Gasteiger partial charge is 0.308 e. The van der Waals surface area contributed by atoms with E-state index in [0.717, 1.165) is 13.1 Å². The first kappa shape index (κ1) is 11.7. The van der Waals surface area contributed by atoms with Crippen LogP contribution in [0.1, 0.15) is 26.2 Å². The molecule has 0 bridgehead atoms. The van der Waals surface area contributed by atoms with Gasteiger partial charge in [0.1, 0.15) is 5.78 Å². The molecule has 0 N–H and O–H groups in total. The van der Waals surface area contributed by atoms with Crippen LogP contribution < -0.4 is 0 Å². The monoisotopic (exact) mass is 198 g/mol. The Morgan fingerprint density at radius 1 is 1.50 bits per heavy atom. The van der Waals surface area contributed by atoms with E-state index in [4.69, 9.17) is 0 Å². The number of nitrogens with zero attached hydrogens (tertiary/aromatic N) is 2. The van der Waals surface area contributed by atoms with E-state index in [-0.39, 0.29) is 0 Å². The second-order valence-corrected chi connectivity index (χ2v) is 4.42. The molecule has 82 valence electrons. The Hall–Kier alpha value is -0.410. The highest BCUT2D eigenvalue weighted by atomic mass is 16.1. The average molecular weight is 198 g/mol. The molecular formula is C11H22N2O. The molecule has 0 saturated carbocycles. The van der Waals surface area contributed by atoms with Crippen molar-refractivity contribution in [3.63, 3.8) is 0 Å². The molecule has 0 aromatic carbocycles. The Morgan fingerprint density at radius 3 is 2.79 bits per heavy atom. The van der Waals surface area contributed by atoms with E-state index in [0.29, 0.717) is 24.8 Å². The maximum Gasteiger partial charge on any atom is 0.146 e. The summed E-state index contributed by atoms with van der Waals surface area (Å²) in [5, 5.41) is 0. The first-order chi connectivity index (χ1) is 6.63. The number of likely N-dealkylation sites (N-methyl/N-ethyl adjacent to an activating group) is 1. The van der Waals surface area contributed by atoms with E-state index in [2.05, 4.69) is 23.9 Å². The van der Waals surface area contributed by atoms with E-state index in [1.54, 1.807) is 0 Å². The summed E-state index contributed by atoms with van der Waals surface area (Å²) in [5.74, 6) is 0.371. The van der Waals surface area contributed by atoms with E-state index in [1.807, 2.05) is 6.92 Å². The van der Waals surface area contributed by atoms with E-state index < -0.39 is 0 Å². The average Bonchev–Trinajstić information content (AvgIpc) is 2.52. The summed E-state index contributed by atoms with van der Waals surface area (Å²) < 4.78 is 0. The highest BCUT2D eigenvalue weighted by molar-refractivity contribution is 5.80. The van der Waals surface area contributed by atoms with Crippen LogP contribution in [0.5, 0.6) is 0 Å². The standard InChI is InChI=1S/C11H22N2O/c1-4-11(14)9-13-7-5-6-10(13)8-12(2)3/h10H,4-9H2,1-3H3. The quantitative estimate of drug-likeness (QED) is 0.658. The SMILES string of the molecule is CCC(=O)CN1CCCC1CN(C)C. The lowest BCUT2D eigenvalue weighted by atomic mass is 10.2. The normalized spacial score (nSPS) is 23.3. The lowest BCUT2D eigenvalue weighted by Crippen LogP contribution is -2.40. The second-order valence-electron chi connectivity index (χ2n) is 4.42. The van der Waals surface area contributed by atoms with Gasteiger partial charge in [-0.25, -0.2) is 0 Å². The zero-order chi connectivity index (χ0) is 10.6. The highest BCUT2D eigenvalue weighted by Gasteiger charge is 2.25. The van der Waals surface area contributed by atoms with Crippen LogP contribution in [0.15, 0.2) is 0 Å². The summed E-state index contributed by atoms with van der Waals surface area (Å²) in [6, 6.07) is 0.598. The van der Waals surface area contributed by atoms with Gasteiger partial charge in [-0.15, -0.1) is 0 Å². The van der Waals surface area contributed by atoms with E-state index in [9.17, 15) is 4.79 Å². The van der Waals surface area contributed by atoms with Crippen LogP contribution in [0.25, 0.3) is 0 Å². The molecule has 0 amide bonds. The number of rotatable bonds is 5. The first-order valence-electron chi connectivity index (χ1n) is 5.54. The Morgan fingerprint density at radius 2 is 2.21 bits per heavy atom. The molecule has 1 aliphatic heterocycles. The summed E-state index contributed by atoms with van der Waals surface area (Å²) in [7, 11) is 4.19. The van der Waals surface area contributed by atoms with Gasteiger partial charge in [-0.2, -0.15) is 0 Å². The van der Waals surface area contributed by atoms with Gasteiger partial charge in [0.2, 0.25) is 0 Å². The maximum absolute atomic E-state index is 11.3. The van der Waals surface area contributed by atoms with Gasteiger partial charge < -0.3 is 4.90 Å². The molecule has 0 aliphatic carbocycles. The highest BCUT2D eigenvalue weighted by Crippen LogP contribution is 2.17. The van der Waals surface area contributed by atoms with E-state index >= 15 is 0 Å². The van der Waals surface area contributed by atoms with Crippen molar-refractivity contribution in [2.45, 2.75) is 32.2 Å². The maximum atomic E-state index is 11.3. The number of ketones is 1. The lowest BCUT2D eigenvalue weighted by molar-refractivity contribution is -0.120. The third-order valence-corrected chi connectivity index (χ3v) is 2.85. The number of carbonyl (C=O) groups excluding carboxylic acids is 1. The van der Waals surface area contributed by atoms with Crippen molar-refractivity contribution in [2.75, 3.05) is 33.7 Å². The summed E-state index contributed by atoms with van der Waals surface area (Å²) in [6.07, 6.45) is 3.16.